The Hall–Kier alpha value is -1.24. The van der Waals surface area contributed by atoms with Gasteiger partial charge in [0.2, 0.25) is 0 Å². The molecule has 4 heteroatoms. The number of nitrogens with zero attached hydrogens (tertiary/aromatic N) is 1. The van der Waals surface area contributed by atoms with Crippen molar-refractivity contribution in [1.82, 2.24) is 0 Å². The summed E-state index contributed by atoms with van der Waals surface area (Å²) in [6, 6.07) is 7.27. The van der Waals surface area contributed by atoms with Gasteiger partial charge in [-0.2, -0.15) is 5.26 Å². The molecule has 92 valence electrons. The van der Waals surface area contributed by atoms with Gasteiger partial charge in [-0.15, -0.1) is 0 Å². The number of rotatable bonds is 4. The fourth-order valence-corrected chi connectivity index (χ4v) is 1.48. The van der Waals surface area contributed by atoms with Gasteiger partial charge in [0.1, 0.15) is 6.07 Å². The molecule has 0 aliphatic rings. The summed E-state index contributed by atoms with van der Waals surface area (Å²) in [7, 11) is 0. The highest BCUT2D eigenvalue weighted by Gasteiger charge is 2.09. The van der Waals surface area contributed by atoms with E-state index >= 15 is 0 Å². The van der Waals surface area contributed by atoms with E-state index in [2.05, 4.69) is 11.4 Å². The van der Waals surface area contributed by atoms with Crippen LogP contribution in [0.1, 0.15) is 26.3 Å². The van der Waals surface area contributed by atoms with Crippen LogP contribution in [0, 0.1) is 11.3 Å². The van der Waals surface area contributed by atoms with E-state index in [0.29, 0.717) is 23.7 Å². The van der Waals surface area contributed by atoms with Gasteiger partial charge < -0.3 is 10.1 Å². The lowest BCUT2D eigenvalue weighted by molar-refractivity contribution is 0.00333. The molecular weight excluding hydrogens is 236 g/mol. The van der Waals surface area contributed by atoms with Gasteiger partial charge in [-0.25, -0.2) is 0 Å². The molecule has 1 aromatic carbocycles. The smallest absolute Gasteiger partial charge is 0.101 e. The van der Waals surface area contributed by atoms with Gasteiger partial charge in [0.25, 0.3) is 0 Å². The normalized spacial score (nSPS) is 11.0. The maximum absolute atomic E-state index is 8.93. The molecule has 0 aromatic heterocycles. The standard InChI is InChI=1S/C13H17ClN2O/c1-13(2,3)17-7-6-16-12-8-11(14)5-4-10(12)9-15/h4-5,8,16H,6-7H2,1-3H3. The van der Waals surface area contributed by atoms with E-state index in [1.807, 2.05) is 20.8 Å². The van der Waals surface area contributed by atoms with Gasteiger partial charge in [-0.05, 0) is 39.0 Å². The quantitative estimate of drug-likeness (QED) is 0.835. The molecule has 0 unspecified atom stereocenters. The molecule has 0 aliphatic carbocycles. The zero-order chi connectivity index (χ0) is 12.9. The third kappa shape index (κ3) is 5.08. The van der Waals surface area contributed by atoms with Gasteiger partial charge in [0.05, 0.1) is 23.5 Å². The van der Waals surface area contributed by atoms with E-state index in [1.54, 1.807) is 18.2 Å². The van der Waals surface area contributed by atoms with Crippen LogP contribution in [-0.2, 0) is 4.74 Å². The number of benzene rings is 1. The number of anilines is 1. The van der Waals surface area contributed by atoms with Crippen LogP contribution in [0.2, 0.25) is 5.02 Å². The molecule has 0 aliphatic heterocycles. The van der Waals surface area contributed by atoms with Crippen LogP contribution in [0.15, 0.2) is 18.2 Å². The van der Waals surface area contributed by atoms with Crippen LogP contribution in [0.25, 0.3) is 0 Å². The van der Waals surface area contributed by atoms with Crippen molar-refractivity contribution >= 4 is 17.3 Å². The number of hydrogen-bond donors (Lipinski definition) is 1. The minimum atomic E-state index is -0.145. The maximum atomic E-state index is 8.93. The van der Waals surface area contributed by atoms with Crippen molar-refractivity contribution in [2.45, 2.75) is 26.4 Å². The van der Waals surface area contributed by atoms with E-state index in [0.717, 1.165) is 5.69 Å². The Labute approximate surface area is 107 Å². The zero-order valence-electron chi connectivity index (χ0n) is 10.4. The number of nitrogens with one attached hydrogen (secondary N) is 1. The minimum absolute atomic E-state index is 0.145. The predicted molar refractivity (Wildman–Crippen MR) is 70.4 cm³/mol. The first-order chi connectivity index (χ1) is 7.92. The lowest BCUT2D eigenvalue weighted by atomic mass is 10.2. The van der Waals surface area contributed by atoms with Crippen molar-refractivity contribution < 1.29 is 4.74 Å². The van der Waals surface area contributed by atoms with Crippen LogP contribution in [-0.4, -0.2) is 18.8 Å². The Bertz CT molecular complexity index is 418. The third-order valence-corrected chi connectivity index (χ3v) is 2.29. The van der Waals surface area contributed by atoms with E-state index < -0.39 is 0 Å². The van der Waals surface area contributed by atoms with E-state index in [9.17, 15) is 0 Å². The number of halogens is 1. The highest BCUT2D eigenvalue weighted by molar-refractivity contribution is 6.30. The van der Waals surface area contributed by atoms with Crippen LogP contribution >= 0.6 is 11.6 Å². The monoisotopic (exact) mass is 252 g/mol. The molecule has 1 aromatic rings. The van der Waals surface area contributed by atoms with Gasteiger partial charge >= 0.3 is 0 Å². The van der Waals surface area contributed by atoms with Gasteiger partial charge in [-0.1, -0.05) is 11.6 Å². The number of nitriles is 1. The summed E-state index contributed by atoms with van der Waals surface area (Å²) in [5.41, 5.74) is 1.19. The van der Waals surface area contributed by atoms with Crippen LogP contribution in [0.5, 0.6) is 0 Å². The summed E-state index contributed by atoms with van der Waals surface area (Å²) in [5.74, 6) is 0. The van der Waals surface area contributed by atoms with Crippen molar-refractivity contribution in [2.24, 2.45) is 0 Å². The number of hydrogen-bond acceptors (Lipinski definition) is 3. The first-order valence-corrected chi connectivity index (χ1v) is 5.87. The van der Waals surface area contributed by atoms with Gasteiger partial charge in [0.15, 0.2) is 0 Å². The van der Waals surface area contributed by atoms with Crippen molar-refractivity contribution in [3.63, 3.8) is 0 Å². The summed E-state index contributed by atoms with van der Waals surface area (Å²) in [6.45, 7) is 7.25. The van der Waals surface area contributed by atoms with Crippen molar-refractivity contribution in [1.29, 1.82) is 5.26 Å². The number of ether oxygens (including phenoxy) is 1. The average Bonchev–Trinajstić information content (AvgIpc) is 2.23. The summed E-state index contributed by atoms with van der Waals surface area (Å²) < 4.78 is 5.58. The fraction of sp³-hybridized carbons (Fsp3) is 0.462. The summed E-state index contributed by atoms with van der Waals surface area (Å²) in [6.07, 6.45) is 0. The Morgan fingerprint density at radius 1 is 1.41 bits per heavy atom. The molecule has 0 saturated carbocycles. The molecule has 0 heterocycles. The topological polar surface area (TPSA) is 45.0 Å². The molecule has 0 atom stereocenters. The first kappa shape index (κ1) is 13.8. The second-order valence-electron chi connectivity index (χ2n) is 4.69. The van der Waals surface area contributed by atoms with Crippen LogP contribution in [0.4, 0.5) is 5.69 Å². The molecule has 0 fully saturated rings. The van der Waals surface area contributed by atoms with Crippen molar-refractivity contribution in [3.05, 3.63) is 28.8 Å². The molecule has 0 radical (unpaired) electrons. The van der Waals surface area contributed by atoms with E-state index in [4.69, 9.17) is 21.6 Å². The SMILES string of the molecule is CC(C)(C)OCCNc1cc(Cl)ccc1C#N. The Kier molecular flexibility index (Phi) is 4.80. The Morgan fingerprint density at radius 2 is 2.12 bits per heavy atom. The minimum Gasteiger partial charge on any atom is -0.382 e. The zero-order valence-corrected chi connectivity index (χ0v) is 11.1. The fourth-order valence-electron chi connectivity index (χ4n) is 1.30. The Morgan fingerprint density at radius 3 is 2.71 bits per heavy atom. The van der Waals surface area contributed by atoms with Crippen LogP contribution in [0.3, 0.4) is 0 Å². The second-order valence-corrected chi connectivity index (χ2v) is 5.13. The lowest BCUT2D eigenvalue weighted by Crippen LogP contribution is -2.23. The molecule has 1 N–H and O–H groups in total. The van der Waals surface area contributed by atoms with Crippen molar-refractivity contribution in [3.8, 4) is 6.07 Å². The molecule has 3 nitrogen and oxygen atoms in total. The highest BCUT2D eigenvalue weighted by atomic mass is 35.5. The summed E-state index contributed by atoms with van der Waals surface area (Å²) >= 11 is 5.88. The molecule has 17 heavy (non-hydrogen) atoms. The van der Waals surface area contributed by atoms with Gasteiger partial charge in [0, 0.05) is 11.6 Å². The van der Waals surface area contributed by atoms with Crippen molar-refractivity contribution in [2.75, 3.05) is 18.5 Å². The average molecular weight is 253 g/mol. The molecular formula is C13H17ClN2O. The maximum Gasteiger partial charge on any atom is 0.101 e. The van der Waals surface area contributed by atoms with E-state index in [1.165, 1.54) is 0 Å². The highest BCUT2D eigenvalue weighted by Crippen LogP contribution is 2.20. The molecule has 0 spiro atoms. The molecule has 1 rings (SSSR count). The molecule has 0 amide bonds. The largest absolute Gasteiger partial charge is 0.382 e. The summed E-state index contributed by atoms with van der Waals surface area (Å²) in [5, 5.41) is 12.7. The third-order valence-electron chi connectivity index (χ3n) is 2.05. The van der Waals surface area contributed by atoms with Crippen LogP contribution < -0.4 is 5.32 Å². The summed E-state index contributed by atoms with van der Waals surface area (Å²) in [4.78, 5) is 0. The van der Waals surface area contributed by atoms with E-state index in [-0.39, 0.29) is 5.60 Å². The first-order valence-electron chi connectivity index (χ1n) is 5.50. The van der Waals surface area contributed by atoms with Gasteiger partial charge in [-0.3, -0.25) is 0 Å². The Balaban J connectivity index is 2.52. The molecule has 0 saturated heterocycles. The second kappa shape index (κ2) is 5.90. The molecule has 0 bridgehead atoms. The predicted octanol–water partition coefficient (Wildman–Crippen LogP) is 3.44. The lowest BCUT2D eigenvalue weighted by Gasteiger charge is -2.20.